The molecule has 0 saturated carbocycles. The number of carboxylic acid groups (broad SMARTS) is 4. The van der Waals surface area contributed by atoms with Crippen molar-refractivity contribution in [2.75, 3.05) is 46.1 Å². The zero-order valence-corrected chi connectivity index (χ0v) is 21.4. The van der Waals surface area contributed by atoms with Gasteiger partial charge in [0.25, 0.3) is 0 Å². The van der Waals surface area contributed by atoms with E-state index in [1.165, 1.54) is 0 Å². The molecule has 234 valence electrons. The average Bonchev–Trinajstić information content (AvgIpc) is 2.91. The van der Waals surface area contributed by atoms with Crippen LogP contribution in [0.4, 0.5) is 0 Å². The monoisotopic (exact) mass is 589 g/mol. The molecular weight excluding hydrogens is 550 g/mol. The quantitative estimate of drug-likeness (QED) is 0.0628. The summed E-state index contributed by atoms with van der Waals surface area (Å²) < 4.78 is 0. The number of rotatable bonds is 15. The molecule has 4 atom stereocenters. The minimum atomic E-state index is -1.79. The zero-order chi connectivity index (χ0) is 32.7. The highest BCUT2D eigenvalue weighted by Gasteiger charge is 2.29. The number of aliphatic hydroxyl groups excluding tert-OH is 8. The van der Waals surface area contributed by atoms with E-state index in [0.717, 1.165) is 12.2 Å². The summed E-state index contributed by atoms with van der Waals surface area (Å²) in [6, 6.07) is 0. The lowest BCUT2D eigenvalue weighted by molar-refractivity contribution is -0.136. The molecule has 0 rings (SSSR count). The Morgan fingerprint density at radius 2 is 0.925 bits per heavy atom. The van der Waals surface area contributed by atoms with Gasteiger partial charge in [0.2, 0.25) is 0 Å². The van der Waals surface area contributed by atoms with E-state index in [9.17, 15) is 24.0 Å². The van der Waals surface area contributed by atoms with Gasteiger partial charge >= 0.3 is 23.9 Å². The Kier molecular flexibility index (Phi) is 38.7. The van der Waals surface area contributed by atoms with Gasteiger partial charge in [-0.1, -0.05) is 13.2 Å². The van der Waals surface area contributed by atoms with E-state index >= 15 is 0 Å². The fourth-order valence-electron chi connectivity index (χ4n) is 1.52. The van der Waals surface area contributed by atoms with Crippen LogP contribution in [0.15, 0.2) is 37.5 Å². The van der Waals surface area contributed by atoms with Gasteiger partial charge in [-0.2, -0.15) is 0 Å². The van der Waals surface area contributed by atoms with Crippen molar-refractivity contribution in [3.05, 3.63) is 37.5 Å². The summed E-state index contributed by atoms with van der Waals surface area (Å²) in [5.41, 5.74) is 0. The number of hydrogen-bond acceptors (Lipinski definition) is 14. The molecule has 0 bridgehead atoms. The van der Waals surface area contributed by atoms with Crippen molar-refractivity contribution >= 4 is 30.2 Å². The Balaban J connectivity index is -0.000000133. The lowest BCUT2D eigenvalue weighted by Crippen LogP contribution is -2.46. The van der Waals surface area contributed by atoms with Gasteiger partial charge in [0.05, 0.1) is 26.4 Å². The first-order chi connectivity index (χ1) is 18.6. The lowest BCUT2D eigenvalue weighted by Gasteiger charge is -2.22. The molecule has 0 spiro atoms. The summed E-state index contributed by atoms with van der Waals surface area (Å²) in [7, 11) is 0. The topological polar surface area (TPSA) is 331 Å². The van der Waals surface area contributed by atoms with E-state index in [0.29, 0.717) is 31.8 Å². The van der Waals surface area contributed by atoms with Crippen LogP contribution in [0.5, 0.6) is 0 Å². The highest BCUT2D eigenvalue weighted by molar-refractivity contribution is 5.89. The third-order valence-electron chi connectivity index (χ3n) is 3.39. The van der Waals surface area contributed by atoms with Gasteiger partial charge in [0, 0.05) is 43.9 Å². The predicted octanol–water partition coefficient (Wildman–Crippen LogP) is -4.89. The molecule has 0 radical (unpaired) electrons. The number of aliphatic carboxylic acids is 4. The molecule has 0 amide bonds. The Morgan fingerprint density at radius 3 is 1.10 bits per heavy atom. The fraction of sp³-hybridized carbons (Fsp3) is 0.500. The van der Waals surface area contributed by atoms with Crippen LogP contribution in [0.1, 0.15) is 0 Å². The van der Waals surface area contributed by atoms with Gasteiger partial charge in [0.15, 0.2) is 6.29 Å². The van der Waals surface area contributed by atoms with E-state index in [1.54, 1.807) is 4.90 Å². The Labute approximate surface area is 228 Å². The summed E-state index contributed by atoms with van der Waals surface area (Å²) in [4.78, 5) is 49.3. The third-order valence-corrected chi connectivity index (χ3v) is 3.39. The van der Waals surface area contributed by atoms with Crippen molar-refractivity contribution in [2.24, 2.45) is 0 Å². The molecule has 0 fully saturated rings. The third kappa shape index (κ3) is 41.5. The number of carboxylic acids is 4. The SMILES string of the molecule is C=CC(=O)O.C=CC(=O)O.O=C(O)/C=C\C(=O)O.O=CC(O)C(O)C(O)C(O)CO.OCCN(CCO)CCO. The molecule has 4 unspecified atom stereocenters. The normalized spacial score (nSPS) is 12.5. The van der Waals surface area contributed by atoms with Gasteiger partial charge in [-0.3, -0.25) is 4.90 Å². The first-order valence-electron chi connectivity index (χ1n) is 10.7. The molecule has 0 aromatic carbocycles. The molecular formula is C22H39NO17. The van der Waals surface area contributed by atoms with E-state index in [2.05, 4.69) is 13.2 Å². The number of carbonyl (C=O) groups excluding carboxylic acids is 1. The van der Waals surface area contributed by atoms with Crippen molar-refractivity contribution < 1.29 is 85.3 Å². The van der Waals surface area contributed by atoms with Crippen LogP contribution >= 0.6 is 0 Å². The fourth-order valence-corrected chi connectivity index (χ4v) is 1.52. The molecule has 0 saturated heterocycles. The van der Waals surface area contributed by atoms with Crippen LogP contribution in [0.3, 0.4) is 0 Å². The minimum Gasteiger partial charge on any atom is -0.478 e. The lowest BCUT2D eigenvalue weighted by atomic mass is 10.0. The Morgan fingerprint density at radius 1 is 0.625 bits per heavy atom. The van der Waals surface area contributed by atoms with Gasteiger partial charge < -0.3 is 66.1 Å². The van der Waals surface area contributed by atoms with Crippen LogP contribution in [-0.2, 0) is 24.0 Å². The van der Waals surface area contributed by atoms with Crippen molar-refractivity contribution in [3.63, 3.8) is 0 Å². The van der Waals surface area contributed by atoms with Crippen LogP contribution in [0.25, 0.3) is 0 Å². The van der Waals surface area contributed by atoms with Crippen LogP contribution in [0.2, 0.25) is 0 Å². The van der Waals surface area contributed by atoms with E-state index < -0.39 is 54.9 Å². The van der Waals surface area contributed by atoms with Crippen molar-refractivity contribution in [2.45, 2.75) is 24.4 Å². The minimum absolute atomic E-state index is 0.0258. The highest BCUT2D eigenvalue weighted by atomic mass is 16.4. The number of aldehydes is 1. The molecule has 0 heterocycles. The molecule has 0 aliphatic carbocycles. The smallest absolute Gasteiger partial charge is 0.328 e. The summed E-state index contributed by atoms with van der Waals surface area (Å²) in [6.45, 7) is 6.91. The van der Waals surface area contributed by atoms with E-state index in [-0.39, 0.29) is 26.1 Å². The second-order valence-corrected chi connectivity index (χ2v) is 6.46. The van der Waals surface area contributed by atoms with Crippen molar-refractivity contribution in [1.29, 1.82) is 0 Å². The number of aliphatic hydroxyl groups is 8. The van der Waals surface area contributed by atoms with Gasteiger partial charge in [-0.25, -0.2) is 19.2 Å². The molecule has 12 N–H and O–H groups in total. The zero-order valence-electron chi connectivity index (χ0n) is 21.4. The standard InChI is InChI=1S/C6H15NO3.C6H12O6.C4H4O4.2C3H4O2/c8-4-1-7(2-5-9)3-6-10;7-1-3(9)5(11)6(12)4(10)2-8;5-3(6)1-2-4(7)8;2*1-2-3(4)5/h8-10H,1-6H2;1,3-6,8-12H,2H2;1-2H,(H,5,6)(H,7,8);2*2H,1H2,(H,4,5)/b;;2-1-;;. The second-order valence-electron chi connectivity index (χ2n) is 6.46. The molecule has 0 aromatic heterocycles. The summed E-state index contributed by atoms with van der Waals surface area (Å²) in [5.74, 6) is -4.48. The summed E-state index contributed by atoms with van der Waals surface area (Å²) in [6.07, 6.45) is -4.06. The first-order valence-corrected chi connectivity index (χ1v) is 10.7. The number of hydrogen-bond donors (Lipinski definition) is 12. The molecule has 40 heavy (non-hydrogen) atoms. The maximum atomic E-state index is 9.90. The average molecular weight is 590 g/mol. The Bertz CT molecular complexity index is 680. The van der Waals surface area contributed by atoms with Crippen molar-refractivity contribution in [3.8, 4) is 0 Å². The second kappa shape index (κ2) is 33.4. The van der Waals surface area contributed by atoms with Gasteiger partial charge in [-0.05, 0) is 0 Å². The van der Waals surface area contributed by atoms with E-state index in [4.69, 9.17) is 61.3 Å². The molecule has 18 heteroatoms. The van der Waals surface area contributed by atoms with Crippen LogP contribution in [0, 0.1) is 0 Å². The highest BCUT2D eigenvalue weighted by Crippen LogP contribution is 2.02. The summed E-state index contributed by atoms with van der Waals surface area (Å²) in [5, 5.41) is 99.8. The number of nitrogens with zero attached hydrogens (tertiary/aromatic N) is 1. The van der Waals surface area contributed by atoms with E-state index in [1.807, 2.05) is 0 Å². The maximum absolute atomic E-state index is 9.90. The molecule has 18 nitrogen and oxygen atoms in total. The van der Waals surface area contributed by atoms with Gasteiger partial charge in [-0.15, -0.1) is 0 Å². The Hall–Kier alpha value is -3.59. The summed E-state index contributed by atoms with van der Waals surface area (Å²) >= 11 is 0. The first kappa shape index (κ1) is 46.3. The largest absolute Gasteiger partial charge is 0.478 e. The maximum Gasteiger partial charge on any atom is 0.328 e. The van der Waals surface area contributed by atoms with Gasteiger partial charge in [0.1, 0.15) is 24.4 Å². The van der Waals surface area contributed by atoms with Crippen LogP contribution < -0.4 is 0 Å². The van der Waals surface area contributed by atoms with Crippen molar-refractivity contribution in [1.82, 2.24) is 4.90 Å². The molecule has 0 aromatic rings. The predicted molar refractivity (Wildman–Crippen MR) is 135 cm³/mol. The molecule has 0 aliphatic rings. The molecule has 0 aliphatic heterocycles. The van der Waals surface area contributed by atoms with Crippen LogP contribution in [-0.4, -0.2) is 167 Å². The number of carbonyl (C=O) groups is 5.